The van der Waals surface area contributed by atoms with Crippen molar-refractivity contribution >= 4 is 21.6 Å². The average Bonchev–Trinajstić information content (AvgIpc) is 2.27. The van der Waals surface area contributed by atoms with Gasteiger partial charge >= 0.3 is 0 Å². The van der Waals surface area contributed by atoms with Gasteiger partial charge in [0.15, 0.2) is 0 Å². The fourth-order valence-electron chi connectivity index (χ4n) is 1.97. The van der Waals surface area contributed by atoms with E-state index in [0.717, 1.165) is 19.5 Å². The largest absolute Gasteiger partial charge is 0.371 e. The summed E-state index contributed by atoms with van der Waals surface area (Å²) in [4.78, 5) is 2.40. The van der Waals surface area contributed by atoms with Crippen molar-refractivity contribution in [1.82, 2.24) is 0 Å². The van der Waals surface area contributed by atoms with E-state index in [-0.39, 0.29) is 0 Å². The number of benzene rings is 1. The van der Waals surface area contributed by atoms with Gasteiger partial charge in [0.05, 0.1) is 5.69 Å². The van der Waals surface area contributed by atoms with Crippen LogP contribution >= 0.6 is 15.9 Å². The van der Waals surface area contributed by atoms with Crippen LogP contribution in [0.3, 0.4) is 0 Å². The minimum Gasteiger partial charge on any atom is -0.371 e. The van der Waals surface area contributed by atoms with Crippen LogP contribution in [0.15, 0.2) is 22.7 Å². The quantitative estimate of drug-likeness (QED) is 0.872. The summed E-state index contributed by atoms with van der Waals surface area (Å²) in [6, 6.07) is 6.56. The highest BCUT2D eigenvalue weighted by atomic mass is 79.9. The highest BCUT2D eigenvalue weighted by Crippen LogP contribution is 2.28. The fraction of sp³-hybridized carbons (Fsp3) is 0.571. The molecule has 2 nitrogen and oxygen atoms in total. The van der Waals surface area contributed by atoms with E-state index in [9.17, 15) is 0 Å². The third-order valence-corrected chi connectivity index (χ3v) is 3.39. The van der Waals surface area contributed by atoms with Crippen molar-refractivity contribution in [2.75, 3.05) is 24.5 Å². The zero-order chi connectivity index (χ0) is 12.8. The Kier molecular flexibility index (Phi) is 6.00. The monoisotopic (exact) mass is 298 g/mol. The van der Waals surface area contributed by atoms with Crippen molar-refractivity contribution in [3.63, 3.8) is 0 Å². The van der Waals surface area contributed by atoms with Gasteiger partial charge in [0.25, 0.3) is 0 Å². The molecule has 0 saturated heterocycles. The Morgan fingerprint density at radius 3 is 2.53 bits per heavy atom. The van der Waals surface area contributed by atoms with Crippen molar-refractivity contribution in [3.05, 3.63) is 28.2 Å². The lowest BCUT2D eigenvalue weighted by atomic mass is 10.1. The van der Waals surface area contributed by atoms with Crippen molar-refractivity contribution < 1.29 is 0 Å². The summed E-state index contributed by atoms with van der Waals surface area (Å²) >= 11 is 3.67. The minimum atomic E-state index is 0.672. The van der Waals surface area contributed by atoms with Crippen LogP contribution in [-0.4, -0.2) is 19.6 Å². The lowest BCUT2D eigenvalue weighted by Crippen LogP contribution is -2.27. The molecule has 0 heterocycles. The van der Waals surface area contributed by atoms with Crippen molar-refractivity contribution in [3.8, 4) is 0 Å². The van der Waals surface area contributed by atoms with Crippen molar-refractivity contribution in [1.29, 1.82) is 0 Å². The average molecular weight is 299 g/mol. The maximum Gasteiger partial charge on any atom is 0.0510 e. The molecule has 1 rings (SSSR count). The first-order valence-corrected chi connectivity index (χ1v) is 7.11. The van der Waals surface area contributed by atoms with Gasteiger partial charge in [-0.3, -0.25) is 0 Å². The van der Waals surface area contributed by atoms with Gasteiger partial charge in [-0.2, -0.15) is 0 Å². The molecule has 2 N–H and O–H groups in total. The van der Waals surface area contributed by atoms with Gasteiger partial charge in [0.1, 0.15) is 0 Å². The van der Waals surface area contributed by atoms with Gasteiger partial charge in [0, 0.05) is 17.6 Å². The molecule has 0 aromatic heterocycles. The Labute approximate surface area is 113 Å². The molecule has 96 valence electrons. The lowest BCUT2D eigenvalue weighted by molar-refractivity contribution is 0.618. The Morgan fingerprint density at radius 2 is 2.06 bits per heavy atom. The topological polar surface area (TPSA) is 29.3 Å². The van der Waals surface area contributed by atoms with Crippen LogP contribution in [0.2, 0.25) is 0 Å². The van der Waals surface area contributed by atoms with Crippen LogP contribution in [0, 0.1) is 5.92 Å². The predicted octanol–water partition coefficient (Wildman–Crippen LogP) is 3.43. The number of nitrogens with two attached hydrogens (primary N) is 1. The molecule has 0 amide bonds. The highest BCUT2D eigenvalue weighted by molar-refractivity contribution is 9.10. The first kappa shape index (κ1) is 14.5. The molecule has 17 heavy (non-hydrogen) atoms. The number of rotatable bonds is 6. The molecule has 0 unspecified atom stereocenters. The van der Waals surface area contributed by atoms with E-state index in [1.807, 2.05) is 0 Å². The number of nitrogens with zero attached hydrogens (tertiary/aromatic N) is 1. The first-order chi connectivity index (χ1) is 8.08. The lowest BCUT2D eigenvalue weighted by Gasteiger charge is -2.26. The fourth-order valence-corrected chi connectivity index (χ4v) is 2.64. The summed E-state index contributed by atoms with van der Waals surface area (Å²) in [6.07, 6.45) is 0.940. The van der Waals surface area contributed by atoms with Crippen LogP contribution in [0.5, 0.6) is 0 Å². The van der Waals surface area contributed by atoms with Crippen LogP contribution < -0.4 is 10.6 Å². The molecule has 0 spiro atoms. The van der Waals surface area contributed by atoms with Gasteiger partial charge in [-0.15, -0.1) is 0 Å². The van der Waals surface area contributed by atoms with E-state index in [0.29, 0.717) is 12.5 Å². The molecule has 0 saturated carbocycles. The summed E-state index contributed by atoms with van der Waals surface area (Å²) in [5, 5.41) is 0. The van der Waals surface area contributed by atoms with Gasteiger partial charge < -0.3 is 10.6 Å². The summed E-state index contributed by atoms with van der Waals surface area (Å²) in [5.41, 5.74) is 8.15. The first-order valence-electron chi connectivity index (χ1n) is 6.31. The van der Waals surface area contributed by atoms with E-state index in [2.05, 4.69) is 59.8 Å². The van der Waals surface area contributed by atoms with Gasteiger partial charge in [0.2, 0.25) is 0 Å². The predicted molar refractivity (Wildman–Crippen MR) is 79.6 cm³/mol. The molecule has 0 aliphatic rings. The molecule has 0 fully saturated rings. The molecule has 0 aliphatic heterocycles. The van der Waals surface area contributed by atoms with Gasteiger partial charge in [-0.1, -0.05) is 19.9 Å². The zero-order valence-electron chi connectivity index (χ0n) is 11.0. The Morgan fingerprint density at radius 1 is 1.35 bits per heavy atom. The van der Waals surface area contributed by atoms with E-state index >= 15 is 0 Å². The van der Waals surface area contributed by atoms with E-state index in [1.165, 1.54) is 15.7 Å². The SMILES string of the molecule is CCN(CC(C)C)c1ccc(CCN)cc1Br. The van der Waals surface area contributed by atoms with Crippen LogP contribution in [0.1, 0.15) is 26.3 Å². The number of halogens is 1. The molecule has 3 heteroatoms. The second-order valence-electron chi connectivity index (χ2n) is 4.76. The molecule has 1 aromatic rings. The third-order valence-electron chi connectivity index (χ3n) is 2.75. The second kappa shape index (κ2) is 7.02. The molecular formula is C14H23BrN2. The van der Waals surface area contributed by atoms with Crippen LogP contribution in [-0.2, 0) is 6.42 Å². The third kappa shape index (κ3) is 4.32. The second-order valence-corrected chi connectivity index (χ2v) is 5.61. The number of hydrogen-bond donors (Lipinski definition) is 1. The molecule has 1 aromatic carbocycles. The Balaban J connectivity index is 2.88. The molecule has 0 radical (unpaired) electrons. The summed E-state index contributed by atoms with van der Waals surface area (Å²) in [5.74, 6) is 0.672. The van der Waals surface area contributed by atoms with Crippen molar-refractivity contribution in [2.45, 2.75) is 27.2 Å². The molecular weight excluding hydrogens is 276 g/mol. The normalized spacial score (nSPS) is 10.9. The maximum absolute atomic E-state index is 5.57. The minimum absolute atomic E-state index is 0.672. The maximum atomic E-state index is 5.57. The van der Waals surface area contributed by atoms with E-state index < -0.39 is 0 Å². The molecule has 0 atom stereocenters. The van der Waals surface area contributed by atoms with E-state index in [1.54, 1.807) is 0 Å². The Hall–Kier alpha value is -0.540. The molecule has 0 aliphatic carbocycles. The summed E-state index contributed by atoms with van der Waals surface area (Å²) in [6.45, 7) is 9.52. The van der Waals surface area contributed by atoms with Crippen molar-refractivity contribution in [2.24, 2.45) is 11.7 Å². The van der Waals surface area contributed by atoms with E-state index in [4.69, 9.17) is 5.73 Å². The van der Waals surface area contributed by atoms with Crippen LogP contribution in [0.25, 0.3) is 0 Å². The summed E-state index contributed by atoms with van der Waals surface area (Å²) in [7, 11) is 0. The highest BCUT2D eigenvalue weighted by Gasteiger charge is 2.10. The smallest absolute Gasteiger partial charge is 0.0510 e. The van der Waals surface area contributed by atoms with Gasteiger partial charge in [-0.25, -0.2) is 0 Å². The zero-order valence-corrected chi connectivity index (χ0v) is 12.6. The number of anilines is 1. The van der Waals surface area contributed by atoms with Gasteiger partial charge in [-0.05, 0) is 59.4 Å². The Bertz CT molecular complexity index is 350. The molecule has 0 bridgehead atoms. The standard InChI is InChI=1S/C14H23BrN2/c1-4-17(10-11(2)3)14-6-5-12(7-8-16)9-13(14)15/h5-6,9,11H,4,7-8,10,16H2,1-3H3. The summed E-state index contributed by atoms with van der Waals surface area (Å²) < 4.78 is 1.17. The van der Waals surface area contributed by atoms with Crippen LogP contribution in [0.4, 0.5) is 5.69 Å². The number of hydrogen-bond acceptors (Lipinski definition) is 2.